The molecule has 5 amide bonds. The van der Waals surface area contributed by atoms with Crippen LogP contribution in [0.3, 0.4) is 0 Å². The number of hydrogen-bond donors (Lipinski definition) is 5. The molecule has 0 bridgehead atoms. The molecule has 0 aliphatic carbocycles. The van der Waals surface area contributed by atoms with Crippen LogP contribution in [0.15, 0.2) is 92.9 Å². The average Bonchev–Trinajstić information content (AvgIpc) is 3.64. The molecule has 0 saturated carbocycles. The van der Waals surface area contributed by atoms with E-state index in [-0.39, 0.29) is 51.1 Å². The Labute approximate surface area is 434 Å². The maximum Gasteiger partial charge on any atom is 0.419 e. The summed E-state index contributed by atoms with van der Waals surface area (Å²) in [5, 5.41) is 16.0. The second-order valence-electron chi connectivity index (χ2n) is 20.1. The third-order valence-corrected chi connectivity index (χ3v) is 12.9. The lowest BCUT2D eigenvalue weighted by Crippen LogP contribution is -2.55. The minimum Gasteiger partial charge on any atom is -0.444 e. The fraction of sp³-hybridized carbons (Fsp3) is 0.462. The van der Waals surface area contributed by atoms with Gasteiger partial charge in [-0.05, 0) is 135 Å². The van der Waals surface area contributed by atoms with E-state index in [1.807, 2.05) is 36.4 Å². The van der Waals surface area contributed by atoms with E-state index in [4.69, 9.17) is 25.8 Å². The average molecular weight is 1080 g/mol. The van der Waals surface area contributed by atoms with Gasteiger partial charge >= 0.3 is 18.3 Å². The van der Waals surface area contributed by atoms with E-state index in [0.29, 0.717) is 39.2 Å². The molecule has 1 aromatic heterocycles. The molecule has 0 fully saturated rings. The van der Waals surface area contributed by atoms with Crippen molar-refractivity contribution in [3.63, 3.8) is 0 Å². The van der Waals surface area contributed by atoms with Crippen LogP contribution in [-0.4, -0.2) is 94.5 Å². The number of halogens is 2. The first-order valence-corrected chi connectivity index (χ1v) is 25.6. The molecule has 5 N–H and O–H groups in total. The van der Waals surface area contributed by atoms with Crippen molar-refractivity contribution in [2.24, 2.45) is 0 Å². The molecule has 4 aromatic rings. The Morgan fingerprint density at radius 2 is 1.46 bits per heavy atom. The first-order chi connectivity index (χ1) is 33.3. The molecular weight excluding hydrogens is 1010 g/mol. The molecule has 16 nitrogen and oxygen atoms in total. The number of likely N-dealkylation sites (N-methyl/N-ethyl adjacent to an activating group) is 1. The second-order valence-corrected chi connectivity index (χ2v) is 22.5. The van der Waals surface area contributed by atoms with E-state index in [9.17, 15) is 24.0 Å². The molecular formula is C52H67BrClN7O9S. The Morgan fingerprint density at radius 1 is 0.817 bits per heavy atom. The zero-order valence-corrected chi connectivity index (χ0v) is 45.3. The van der Waals surface area contributed by atoms with Gasteiger partial charge in [-0.15, -0.1) is 0 Å². The second kappa shape index (κ2) is 24.6. The van der Waals surface area contributed by atoms with Gasteiger partial charge in [0.2, 0.25) is 11.8 Å². The van der Waals surface area contributed by atoms with Gasteiger partial charge < -0.3 is 45.7 Å². The van der Waals surface area contributed by atoms with Crippen LogP contribution in [0.25, 0.3) is 10.9 Å². The highest BCUT2D eigenvalue weighted by molar-refractivity contribution is 9.10. The van der Waals surface area contributed by atoms with Crippen molar-refractivity contribution in [2.45, 2.75) is 146 Å². The van der Waals surface area contributed by atoms with Gasteiger partial charge in [0, 0.05) is 65.5 Å². The third-order valence-electron chi connectivity index (χ3n) is 10.7. The maximum atomic E-state index is 15.1. The Kier molecular flexibility index (Phi) is 19.5. The number of alkyl carbamates (subject to hydrolysis) is 2. The molecule has 0 radical (unpaired) electrons. The number of carbonyl (C=O) groups is 6. The van der Waals surface area contributed by atoms with Crippen LogP contribution in [0.4, 0.5) is 14.4 Å². The monoisotopic (exact) mass is 1080 g/mol. The van der Waals surface area contributed by atoms with Crippen LogP contribution in [-0.2, 0) is 48.1 Å². The van der Waals surface area contributed by atoms with Gasteiger partial charge in [0.05, 0.1) is 16.2 Å². The van der Waals surface area contributed by atoms with Crippen molar-refractivity contribution in [1.82, 2.24) is 36.1 Å². The first kappa shape index (κ1) is 56.2. The highest BCUT2D eigenvalue weighted by Crippen LogP contribution is 2.39. The number of nitrogens with zero attached hydrogens (tertiary/aromatic N) is 2. The summed E-state index contributed by atoms with van der Waals surface area (Å²) < 4.78 is 18.7. The molecule has 19 heteroatoms. The number of rotatable bonds is 10. The molecule has 1 aliphatic heterocycles. The zero-order chi connectivity index (χ0) is 52.3. The number of amides is 5. The number of unbranched alkanes of at least 4 members (excludes halogenated alkanes) is 1. The van der Waals surface area contributed by atoms with E-state index in [2.05, 4.69) is 42.5 Å². The first-order valence-electron chi connectivity index (χ1n) is 23.6. The zero-order valence-electron chi connectivity index (χ0n) is 42.2. The van der Waals surface area contributed by atoms with Crippen LogP contribution < -0.4 is 26.6 Å². The lowest BCUT2D eigenvalue weighted by Gasteiger charge is -2.31. The summed E-state index contributed by atoms with van der Waals surface area (Å²) in [6.45, 7) is 16.5. The molecule has 384 valence electrons. The smallest absolute Gasteiger partial charge is 0.419 e. The quantitative estimate of drug-likeness (QED) is 0.0576. The van der Waals surface area contributed by atoms with Gasteiger partial charge in [0.15, 0.2) is 0 Å². The molecule has 3 aromatic carbocycles. The summed E-state index contributed by atoms with van der Waals surface area (Å²) >= 11 is 11.9. The standard InChI is InChI=1S/C52H67BrClN7O9S/c1-50(2,3)68-47(65)55-25-14-13-20-39-46(64)60(10)41(28-34-31-61(49(67)70-52(7,8)9)40-22-12-11-18-36(34)40)45(63)58-29-32-17-15-19-37(54)43(32)71-42-24-23-35(53)27-33(42)30-57-38(44(62)59-39)21-16-26-56-48(66)69-51(4,5)6/h11-12,15,17-19,21-24,27,31,39,41,57H,13-14,16,20,25-26,28-30H2,1-10H3,(H,55,65)(H,56,66)(H,58,63)(H,59,62)/b38-21+/t39-,41-/m0/s1. The fourth-order valence-corrected chi connectivity index (χ4v) is 9.28. The summed E-state index contributed by atoms with van der Waals surface area (Å²) in [6, 6.07) is 16.1. The van der Waals surface area contributed by atoms with E-state index in [1.165, 1.54) is 28.3 Å². The van der Waals surface area contributed by atoms with Crippen LogP contribution in [0.1, 0.15) is 105 Å². The molecule has 2 heterocycles. The largest absolute Gasteiger partial charge is 0.444 e. The van der Waals surface area contributed by atoms with Crippen LogP contribution in [0, 0.1) is 0 Å². The van der Waals surface area contributed by atoms with E-state index >= 15 is 4.79 Å². The molecule has 2 atom stereocenters. The topological polar surface area (TPSA) is 198 Å². The Hall–Kier alpha value is -5.72. The number of hydrogen-bond acceptors (Lipinski definition) is 11. The van der Waals surface area contributed by atoms with Crippen molar-refractivity contribution in [2.75, 3.05) is 20.1 Å². The molecule has 71 heavy (non-hydrogen) atoms. The van der Waals surface area contributed by atoms with Crippen molar-refractivity contribution in [3.8, 4) is 0 Å². The Balaban J connectivity index is 1.58. The van der Waals surface area contributed by atoms with Crippen molar-refractivity contribution < 1.29 is 43.0 Å². The van der Waals surface area contributed by atoms with Gasteiger partial charge in [-0.25, -0.2) is 14.4 Å². The number of fused-ring (bicyclic) bond motifs is 3. The highest BCUT2D eigenvalue weighted by atomic mass is 79.9. The number of aromatic nitrogens is 1. The van der Waals surface area contributed by atoms with Crippen molar-refractivity contribution >= 4 is 86.2 Å². The molecule has 1 aliphatic rings. The highest BCUT2D eigenvalue weighted by Gasteiger charge is 2.34. The SMILES string of the molecule is CN1C(=O)[C@H](CCCCNC(=O)OC(C)(C)C)NC(=O)/C(=C\CCNC(=O)OC(C)(C)C)NCc2cc(Br)ccc2Sc2c(Cl)cccc2CNC(=O)[C@@H]1Cc1cn(C(=O)OC(C)(C)C)c2ccccc12. The van der Waals surface area contributed by atoms with E-state index in [0.717, 1.165) is 20.5 Å². The Bertz CT molecular complexity index is 2620. The molecule has 5 rings (SSSR count). The fourth-order valence-electron chi connectivity index (χ4n) is 7.50. The van der Waals surface area contributed by atoms with Crippen LogP contribution in [0.5, 0.6) is 0 Å². The lowest BCUT2D eigenvalue weighted by atomic mass is 10.0. The molecule has 0 spiro atoms. The Morgan fingerprint density at radius 3 is 2.14 bits per heavy atom. The van der Waals surface area contributed by atoms with Gasteiger partial charge in [-0.3, -0.25) is 19.0 Å². The summed E-state index contributed by atoms with van der Waals surface area (Å²) in [6.07, 6.45) is 2.60. The van der Waals surface area contributed by atoms with Crippen molar-refractivity contribution in [3.05, 3.63) is 105 Å². The van der Waals surface area contributed by atoms with Crippen LogP contribution >= 0.6 is 39.3 Å². The number of benzene rings is 3. The van der Waals surface area contributed by atoms with E-state index in [1.54, 1.807) is 98.9 Å². The maximum absolute atomic E-state index is 15.1. The van der Waals surface area contributed by atoms with E-state index < -0.39 is 64.9 Å². The van der Waals surface area contributed by atoms with Gasteiger partial charge in [-0.1, -0.05) is 75.7 Å². The van der Waals surface area contributed by atoms with Crippen LogP contribution in [0.2, 0.25) is 5.02 Å². The predicted octanol–water partition coefficient (Wildman–Crippen LogP) is 9.76. The predicted molar refractivity (Wildman–Crippen MR) is 279 cm³/mol. The number of para-hydroxylation sites is 1. The van der Waals surface area contributed by atoms with Gasteiger partial charge in [0.25, 0.3) is 5.91 Å². The summed E-state index contributed by atoms with van der Waals surface area (Å²) in [4.78, 5) is 85.9. The number of ether oxygens (including phenoxy) is 3. The molecule has 0 unspecified atom stereocenters. The lowest BCUT2D eigenvalue weighted by molar-refractivity contribution is -0.141. The summed E-state index contributed by atoms with van der Waals surface area (Å²) in [5.41, 5.74) is 0.625. The van der Waals surface area contributed by atoms with Crippen molar-refractivity contribution in [1.29, 1.82) is 0 Å². The number of nitrogens with one attached hydrogen (secondary N) is 5. The normalized spacial score (nSPS) is 17.0. The molecule has 0 saturated heterocycles. The van der Waals surface area contributed by atoms with Gasteiger partial charge in [-0.2, -0.15) is 0 Å². The van der Waals surface area contributed by atoms with Gasteiger partial charge in [0.1, 0.15) is 28.9 Å². The minimum absolute atomic E-state index is 0.0262. The minimum atomic E-state index is -1.16. The summed E-state index contributed by atoms with van der Waals surface area (Å²) in [5.74, 6) is -1.66. The summed E-state index contributed by atoms with van der Waals surface area (Å²) in [7, 11) is 1.52. The third kappa shape index (κ3) is 17.2. The number of carbonyl (C=O) groups excluding carboxylic acids is 6.